The Labute approximate surface area is 153 Å². The Kier molecular flexibility index (Phi) is 11.7. The van der Waals surface area contributed by atoms with Crippen molar-refractivity contribution < 1.29 is 13.5 Å². The van der Waals surface area contributed by atoms with E-state index in [1.165, 1.54) is 25.7 Å². The molecular weight excluding hydrogens is 338 g/mol. The average molecular weight is 374 g/mol. The van der Waals surface area contributed by atoms with Crippen molar-refractivity contribution in [3.05, 3.63) is 29.8 Å². The molecule has 0 fully saturated rings. The number of anilines is 1. The van der Waals surface area contributed by atoms with Crippen LogP contribution in [0.15, 0.2) is 24.3 Å². The van der Waals surface area contributed by atoms with E-state index in [9.17, 15) is 13.5 Å². The van der Waals surface area contributed by atoms with E-state index in [4.69, 9.17) is 5.14 Å². The highest BCUT2D eigenvalue weighted by molar-refractivity contribution is 7.90. The zero-order valence-corrected chi connectivity index (χ0v) is 15.6. The summed E-state index contributed by atoms with van der Waals surface area (Å²) in [5, 5.41) is 15.4. The van der Waals surface area contributed by atoms with E-state index in [1.807, 2.05) is 0 Å². The maximum atomic E-state index is 11.1. The molecule has 0 amide bonds. The molecule has 0 spiro atoms. The van der Waals surface area contributed by atoms with Crippen molar-refractivity contribution >= 4 is 15.9 Å². The van der Waals surface area contributed by atoms with Gasteiger partial charge in [0.2, 0.25) is 0 Å². The smallest absolute Gasteiger partial charge is 0.296 e. The highest BCUT2D eigenvalue weighted by atomic mass is 32.2. The summed E-state index contributed by atoms with van der Waals surface area (Å²) in [4.78, 5) is 2.22. The molecule has 1 rings (SSSR count). The van der Waals surface area contributed by atoms with Crippen molar-refractivity contribution in [2.75, 3.05) is 24.4 Å². The Morgan fingerprint density at radius 1 is 1.20 bits per heavy atom. The summed E-state index contributed by atoms with van der Waals surface area (Å²) in [5.41, 5.74) is 1.03. The van der Waals surface area contributed by atoms with Crippen LogP contribution in [-0.4, -0.2) is 38.1 Å². The molecule has 0 aromatic heterocycles. The van der Waals surface area contributed by atoms with Gasteiger partial charge in [-0.3, -0.25) is 4.72 Å². The minimum atomic E-state index is -3.81. The quantitative estimate of drug-likeness (QED) is 0.490. The summed E-state index contributed by atoms with van der Waals surface area (Å²) >= 11 is 0. The van der Waals surface area contributed by atoms with Crippen LogP contribution in [0.4, 0.5) is 5.69 Å². The number of nitrogens with one attached hydrogen (secondary N) is 1. The molecule has 7 heteroatoms. The second-order valence-electron chi connectivity index (χ2n) is 6.10. The lowest BCUT2D eigenvalue weighted by Gasteiger charge is -2.24. The Morgan fingerprint density at radius 2 is 1.88 bits per heavy atom. The van der Waals surface area contributed by atoms with E-state index in [1.54, 1.807) is 24.3 Å². The van der Waals surface area contributed by atoms with Crippen molar-refractivity contribution in [2.45, 2.75) is 59.5 Å². The van der Waals surface area contributed by atoms with Gasteiger partial charge in [0.1, 0.15) is 0 Å². The lowest BCUT2D eigenvalue weighted by molar-refractivity contribution is 0.115. The zero-order chi connectivity index (χ0) is 18.0. The van der Waals surface area contributed by atoms with Crippen LogP contribution in [0.2, 0.25) is 0 Å². The average Bonchev–Trinajstić information content (AvgIpc) is 2.52. The third-order valence-electron chi connectivity index (χ3n) is 3.99. The number of aliphatic hydroxyl groups excluding tert-OH is 1. The van der Waals surface area contributed by atoms with E-state index < -0.39 is 16.3 Å². The Hall–Kier alpha value is -1.15. The lowest BCUT2D eigenvalue weighted by atomic mass is 10.1. The summed E-state index contributed by atoms with van der Waals surface area (Å²) in [6.07, 6.45) is 5.46. The molecule has 0 saturated carbocycles. The zero-order valence-electron chi connectivity index (χ0n) is 14.7. The van der Waals surface area contributed by atoms with Crippen molar-refractivity contribution in [3.63, 3.8) is 0 Å². The van der Waals surface area contributed by atoms with E-state index in [0.717, 1.165) is 19.5 Å². The summed E-state index contributed by atoms with van der Waals surface area (Å²) in [6, 6.07) is 6.71. The maximum absolute atomic E-state index is 11.1. The van der Waals surface area contributed by atoms with Crippen molar-refractivity contribution in [2.24, 2.45) is 5.14 Å². The summed E-state index contributed by atoms with van der Waals surface area (Å²) < 4.78 is 24.4. The molecule has 4 N–H and O–H groups in total. The Bertz CT molecular complexity index is 579. The standard InChI is InChI=1S/C17H31N3O3S.CH4/c1-3-5-6-7-8-12-20(4-2)14-17(21)15-10-9-11-16(13-15)19-24(18,22)23;/h9-11,13,17,19,21H,3-8,12,14H2,1-2H3,(H2,18,22,23);1H4. The van der Waals surface area contributed by atoms with Crippen LogP contribution in [0.1, 0.15) is 65.0 Å². The summed E-state index contributed by atoms with van der Waals surface area (Å²) in [5.74, 6) is 0. The molecule has 1 aromatic rings. The number of nitrogens with zero attached hydrogens (tertiary/aromatic N) is 1. The van der Waals surface area contributed by atoms with Crippen LogP contribution in [0.25, 0.3) is 0 Å². The van der Waals surface area contributed by atoms with Gasteiger partial charge in [0, 0.05) is 6.54 Å². The SMILES string of the molecule is C.CCCCCCCN(CC)CC(O)c1cccc(NS(N)(=O)=O)c1. The number of rotatable bonds is 12. The molecule has 0 aliphatic carbocycles. The molecule has 0 bridgehead atoms. The van der Waals surface area contributed by atoms with Crippen molar-refractivity contribution in [1.29, 1.82) is 0 Å². The second-order valence-corrected chi connectivity index (χ2v) is 7.39. The first-order chi connectivity index (χ1) is 11.4. The number of aliphatic hydroxyl groups is 1. The van der Waals surface area contributed by atoms with Crippen LogP contribution in [0.3, 0.4) is 0 Å². The topological polar surface area (TPSA) is 95.7 Å². The minimum Gasteiger partial charge on any atom is -0.387 e. The van der Waals surface area contributed by atoms with Gasteiger partial charge in [-0.2, -0.15) is 8.42 Å². The van der Waals surface area contributed by atoms with Crippen LogP contribution >= 0.6 is 0 Å². The largest absolute Gasteiger partial charge is 0.387 e. The highest BCUT2D eigenvalue weighted by Gasteiger charge is 2.13. The van der Waals surface area contributed by atoms with Gasteiger partial charge >= 0.3 is 0 Å². The molecular formula is C18H35N3O3S. The van der Waals surface area contributed by atoms with Crippen LogP contribution in [0, 0.1) is 0 Å². The number of unbranched alkanes of at least 4 members (excludes halogenated alkanes) is 4. The number of nitrogens with two attached hydrogens (primary N) is 1. The molecule has 0 heterocycles. The minimum absolute atomic E-state index is 0. The predicted molar refractivity (Wildman–Crippen MR) is 106 cm³/mol. The third kappa shape index (κ3) is 10.4. The van der Waals surface area contributed by atoms with Crippen LogP contribution in [-0.2, 0) is 10.2 Å². The summed E-state index contributed by atoms with van der Waals surface area (Å²) in [7, 11) is -3.81. The van der Waals surface area contributed by atoms with E-state index in [2.05, 4.69) is 23.5 Å². The summed E-state index contributed by atoms with van der Waals surface area (Å²) in [6.45, 7) is 6.65. The van der Waals surface area contributed by atoms with E-state index in [0.29, 0.717) is 17.8 Å². The lowest BCUT2D eigenvalue weighted by Crippen LogP contribution is -2.29. The molecule has 1 atom stereocenters. The fourth-order valence-corrected chi connectivity index (χ4v) is 3.10. The van der Waals surface area contributed by atoms with Gasteiger partial charge in [0.15, 0.2) is 0 Å². The fourth-order valence-electron chi connectivity index (χ4n) is 2.64. The van der Waals surface area contributed by atoms with Crippen molar-refractivity contribution in [3.8, 4) is 0 Å². The molecule has 0 radical (unpaired) electrons. The van der Waals surface area contributed by atoms with Gasteiger partial charge in [0.05, 0.1) is 11.8 Å². The Balaban J connectivity index is 0.00000576. The fraction of sp³-hybridized carbons (Fsp3) is 0.667. The first-order valence-electron chi connectivity index (χ1n) is 8.66. The predicted octanol–water partition coefficient (Wildman–Crippen LogP) is 3.26. The Morgan fingerprint density at radius 3 is 2.48 bits per heavy atom. The number of hydrogen-bond donors (Lipinski definition) is 3. The van der Waals surface area contributed by atoms with Gasteiger partial charge in [-0.1, -0.05) is 59.1 Å². The van der Waals surface area contributed by atoms with Crippen molar-refractivity contribution in [1.82, 2.24) is 4.90 Å². The molecule has 146 valence electrons. The van der Waals surface area contributed by atoms with Gasteiger partial charge in [-0.25, -0.2) is 5.14 Å². The van der Waals surface area contributed by atoms with Crippen LogP contribution in [0.5, 0.6) is 0 Å². The van der Waals surface area contributed by atoms with Crippen LogP contribution < -0.4 is 9.86 Å². The first-order valence-corrected chi connectivity index (χ1v) is 10.2. The molecule has 25 heavy (non-hydrogen) atoms. The second kappa shape index (κ2) is 12.2. The normalized spacial score (nSPS) is 12.7. The highest BCUT2D eigenvalue weighted by Crippen LogP contribution is 2.19. The van der Waals surface area contributed by atoms with Gasteiger partial charge in [-0.15, -0.1) is 0 Å². The molecule has 0 saturated heterocycles. The number of benzene rings is 1. The molecule has 0 aliphatic heterocycles. The number of likely N-dealkylation sites (N-methyl/N-ethyl adjacent to an activating group) is 1. The van der Waals surface area contributed by atoms with E-state index >= 15 is 0 Å². The van der Waals surface area contributed by atoms with Gasteiger partial charge in [0.25, 0.3) is 10.2 Å². The molecule has 0 aliphatic rings. The van der Waals surface area contributed by atoms with Gasteiger partial charge in [-0.05, 0) is 37.2 Å². The first kappa shape index (κ1) is 23.9. The maximum Gasteiger partial charge on any atom is 0.296 e. The monoisotopic (exact) mass is 373 g/mol. The van der Waals surface area contributed by atoms with Gasteiger partial charge < -0.3 is 10.0 Å². The van der Waals surface area contributed by atoms with E-state index in [-0.39, 0.29) is 7.43 Å². The third-order valence-corrected chi connectivity index (χ3v) is 4.51. The molecule has 1 unspecified atom stereocenters. The number of hydrogen-bond acceptors (Lipinski definition) is 4. The molecule has 1 aromatic carbocycles. The molecule has 6 nitrogen and oxygen atoms in total.